The molecule has 3 rings (SSSR count). The van der Waals surface area contributed by atoms with Gasteiger partial charge in [0.2, 0.25) is 5.91 Å². The van der Waals surface area contributed by atoms with Gasteiger partial charge in [0.1, 0.15) is 12.4 Å². The Morgan fingerprint density at radius 2 is 1.92 bits per heavy atom. The number of amides is 1. The second-order valence-electron chi connectivity index (χ2n) is 5.80. The molecule has 3 heterocycles. The largest absolute Gasteiger partial charge is 0.354 e. The van der Waals surface area contributed by atoms with Crippen molar-refractivity contribution >= 4 is 17.1 Å². The molecule has 1 N–H and O–H groups in total. The summed E-state index contributed by atoms with van der Waals surface area (Å²) in [6.45, 7) is 0.386. The maximum atomic E-state index is 12.3. The van der Waals surface area contributed by atoms with E-state index < -0.39 is 11.2 Å². The van der Waals surface area contributed by atoms with Crippen LogP contribution in [0.25, 0.3) is 11.2 Å². The van der Waals surface area contributed by atoms with Gasteiger partial charge in [0.25, 0.3) is 5.56 Å². The lowest BCUT2D eigenvalue weighted by Crippen LogP contribution is -2.38. The van der Waals surface area contributed by atoms with Crippen molar-refractivity contribution < 1.29 is 4.79 Å². The molecule has 0 aliphatic heterocycles. The quantitative estimate of drug-likeness (QED) is 0.607. The Morgan fingerprint density at radius 1 is 1.16 bits per heavy atom. The van der Waals surface area contributed by atoms with Gasteiger partial charge in [-0.3, -0.25) is 18.7 Å². The Hall–Kier alpha value is -3.17. The van der Waals surface area contributed by atoms with Crippen LogP contribution in [0.5, 0.6) is 0 Å². The fourth-order valence-corrected chi connectivity index (χ4v) is 2.68. The molecule has 0 aliphatic carbocycles. The number of fused-ring (bicyclic) bond motifs is 1. The van der Waals surface area contributed by atoms with Crippen molar-refractivity contribution in [1.29, 1.82) is 0 Å². The molecule has 0 aromatic carbocycles. The van der Waals surface area contributed by atoms with Crippen molar-refractivity contribution in [2.24, 2.45) is 21.1 Å². The van der Waals surface area contributed by atoms with Crippen LogP contribution in [0.15, 0.2) is 28.3 Å². The summed E-state index contributed by atoms with van der Waals surface area (Å²) in [4.78, 5) is 44.6. The third-order valence-electron chi connectivity index (χ3n) is 4.12. The van der Waals surface area contributed by atoms with Gasteiger partial charge in [-0.15, -0.1) is 0 Å². The molecule has 3 aromatic heterocycles. The van der Waals surface area contributed by atoms with Crippen molar-refractivity contribution in [3.63, 3.8) is 0 Å². The van der Waals surface area contributed by atoms with Crippen LogP contribution in [0.2, 0.25) is 0 Å². The van der Waals surface area contributed by atoms with Crippen LogP contribution in [0.4, 0.5) is 0 Å². The highest BCUT2D eigenvalue weighted by Gasteiger charge is 2.15. The van der Waals surface area contributed by atoms with Crippen molar-refractivity contribution in [1.82, 2.24) is 33.6 Å². The predicted octanol–water partition coefficient (Wildman–Crippen LogP) is -1.47. The minimum atomic E-state index is -0.476. The summed E-state index contributed by atoms with van der Waals surface area (Å²) in [6, 6.07) is 0. The summed E-state index contributed by atoms with van der Waals surface area (Å²) in [5.41, 5.74) is -0.448. The number of nitrogens with one attached hydrogen (secondary N) is 1. The summed E-state index contributed by atoms with van der Waals surface area (Å²) >= 11 is 0. The highest BCUT2D eigenvalue weighted by Crippen LogP contribution is 2.05. The molecule has 0 saturated heterocycles. The average molecular weight is 345 g/mol. The number of carbonyl (C=O) groups excluding carboxylic acids is 1. The van der Waals surface area contributed by atoms with Gasteiger partial charge in [0.15, 0.2) is 11.2 Å². The summed E-state index contributed by atoms with van der Waals surface area (Å²) in [5.74, 6) is 0.627. The molecular weight excluding hydrogens is 326 g/mol. The van der Waals surface area contributed by atoms with Crippen molar-refractivity contribution in [2.45, 2.75) is 13.0 Å². The van der Waals surface area contributed by atoms with Gasteiger partial charge in [0.05, 0.1) is 6.33 Å². The molecule has 0 spiro atoms. The van der Waals surface area contributed by atoms with Crippen LogP contribution in [0.1, 0.15) is 5.82 Å². The molecule has 0 aliphatic rings. The molecule has 25 heavy (non-hydrogen) atoms. The van der Waals surface area contributed by atoms with Crippen molar-refractivity contribution in [2.75, 3.05) is 6.54 Å². The molecule has 1 amide bonds. The predicted molar refractivity (Wildman–Crippen MR) is 90.1 cm³/mol. The van der Waals surface area contributed by atoms with Crippen LogP contribution in [-0.4, -0.2) is 40.7 Å². The number of hydrogen-bond acceptors (Lipinski definition) is 5. The molecular formula is C15H19N7O3. The van der Waals surface area contributed by atoms with E-state index in [1.807, 2.05) is 17.8 Å². The monoisotopic (exact) mass is 345 g/mol. The van der Waals surface area contributed by atoms with Gasteiger partial charge in [-0.1, -0.05) is 0 Å². The summed E-state index contributed by atoms with van der Waals surface area (Å²) in [7, 11) is 4.82. The number of rotatable bonds is 5. The lowest BCUT2D eigenvalue weighted by Gasteiger charge is -2.08. The maximum absolute atomic E-state index is 12.3. The number of imidazole rings is 2. The Bertz CT molecular complexity index is 1050. The zero-order valence-corrected chi connectivity index (χ0v) is 14.3. The fraction of sp³-hybridized carbons (Fsp3) is 0.400. The first-order chi connectivity index (χ1) is 11.9. The van der Waals surface area contributed by atoms with Crippen LogP contribution >= 0.6 is 0 Å². The molecule has 0 radical (unpaired) electrons. The van der Waals surface area contributed by atoms with E-state index in [2.05, 4.69) is 15.3 Å². The van der Waals surface area contributed by atoms with E-state index in [1.165, 1.54) is 29.6 Å². The minimum absolute atomic E-state index is 0.0511. The fourth-order valence-electron chi connectivity index (χ4n) is 2.68. The zero-order valence-electron chi connectivity index (χ0n) is 14.3. The molecule has 0 atom stereocenters. The van der Waals surface area contributed by atoms with Crippen molar-refractivity contribution in [3.05, 3.63) is 45.4 Å². The van der Waals surface area contributed by atoms with E-state index in [0.717, 1.165) is 10.4 Å². The van der Waals surface area contributed by atoms with Crippen LogP contribution < -0.4 is 16.6 Å². The standard InChI is InChI=1S/C15H19N7O3/c1-19-7-6-16-10(19)4-5-17-11(23)8-22-9-18-13-12(22)14(24)21(3)15(25)20(13)2/h6-7,9H,4-5,8H2,1-3H3,(H,17,23). The summed E-state index contributed by atoms with van der Waals surface area (Å²) in [5, 5.41) is 2.79. The zero-order chi connectivity index (χ0) is 18.1. The van der Waals surface area contributed by atoms with E-state index in [0.29, 0.717) is 13.0 Å². The average Bonchev–Trinajstić information content (AvgIpc) is 3.18. The molecule has 0 bridgehead atoms. The van der Waals surface area contributed by atoms with E-state index in [1.54, 1.807) is 6.20 Å². The van der Waals surface area contributed by atoms with Gasteiger partial charge in [-0.05, 0) is 0 Å². The molecule has 132 valence electrons. The number of aromatic nitrogens is 6. The second-order valence-corrected chi connectivity index (χ2v) is 5.80. The third-order valence-corrected chi connectivity index (χ3v) is 4.12. The highest BCUT2D eigenvalue weighted by molar-refractivity contribution is 5.78. The minimum Gasteiger partial charge on any atom is -0.354 e. The topological polar surface area (TPSA) is 109 Å². The lowest BCUT2D eigenvalue weighted by atomic mass is 10.4. The molecule has 10 nitrogen and oxygen atoms in total. The first-order valence-corrected chi connectivity index (χ1v) is 7.74. The first-order valence-electron chi connectivity index (χ1n) is 7.74. The van der Waals surface area contributed by atoms with Crippen LogP contribution in [0.3, 0.4) is 0 Å². The van der Waals surface area contributed by atoms with E-state index in [4.69, 9.17) is 0 Å². The number of carbonyl (C=O) groups is 1. The molecule has 0 fully saturated rings. The lowest BCUT2D eigenvalue weighted by molar-refractivity contribution is -0.121. The normalized spacial score (nSPS) is 11.2. The van der Waals surface area contributed by atoms with Gasteiger partial charge in [0, 0.05) is 46.5 Å². The second kappa shape index (κ2) is 6.38. The van der Waals surface area contributed by atoms with Gasteiger partial charge in [-0.25, -0.2) is 14.8 Å². The molecule has 0 unspecified atom stereocenters. The van der Waals surface area contributed by atoms with Crippen molar-refractivity contribution in [3.8, 4) is 0 Å². The maximum Gasteiger partial charge on any atom is 0.332 e. The molecule has 0 saturated carbocycles. The highest BCUT2D eigenvalue weighted by atomic mass is 16.2. The smallest absolute Gasteiger partial charge is 0.332 e. The Labute approximate surface area is 142 Å². The third kappa shape index (κ3) is 2.97. The Balaban J connectivity index is 1.75. The Morgan fingerprint density at radius 3 is 2.60 bits per heavy atom. The van der Waals surface area contributed by atoms with E-state index in [9.17, 15) is 14.4 Å². The SMILES string of the molecule is Cn1ccnc1CCNC(=O)Cn1cnc2c1c(=O)n(C)c(=O)n2C. The number of nitrogens with zero attached hydrogens (tertiary/aromatic N) is 6. The number of hydrogen-bond donors (Lipinski definition) is 1. The van der Waals surface area contributed by atoms with Gasteiger partial charge >= 0.3 is 5.69 Å². The van der Waals surface area contributed by atoms with E-state index >= 15 is 0 Å². The van der Waals surface area contributed by atoms with E-state index in [-0.39, 0.29) is 23.6 Å². The van der Waals surface area contributed by atoms with Crippen LogP contribution in [0, 0.1) is 0 Å². The molecule has 3 aromatic rings. The number of aryl methyl sites for hydroxylation is 2. The van der Waals surface area contributed by atoms with Gasteiger partial charge in [-0.2, -0.15) is 0 Å². The summed E-state index contributed by atoms with van der Waals surface area (Å²) < 4.78 is 5.62. The van der Waals surface area contributed by atoms with Crippen LogP contribution in [-0.2, 0) is 38.9 Å². The van der Waals surface area contributed by atoms with Gasteiger partial charge < -0.3 is 14.5 Å². The molecule has 10 heteroatoms. The Kier molecular flexibility index (Phi) is 4.26. The first kappa shape index (κ1) is 16.7. The summed E-state index contributed by atoms with van der Waals surface area (Å²) in [6.07, 6.45) is 5.55.